The van der Waals surface area contributed by atoms with Crippen molar-refractivity contribution in [1.82, 2.24) is 9.80 Å². The van der Waals surface area contributed by atoms with Gasteiger partial charge in [-0.15, -0.1) is 0 Å². The van der Waals surface area contributed by atoms with Gasteiger partial charge >= 0.3 is 0 Å². The van der Waals surface area contributed by atoms with Gasteiger partial charge in [-0.1, -0.05) is 0 Å². The lowest BCUT2D eigenvalue weighted by molar-refractivity contribution is -0.140. The summed E-state index contributed by atoms with van der Waals surface area (Å²) >= 11 is 0. The molecule has 130 valence electrons. The van der Waals surface area contributed by atoms with Gasteiger partial charge in [-0.25, -0.2) is 4.39 Å². The van der Waals surface area contributed by atoms with Crippen molar-refractivity contribution >= 4 is 23.4 Å². The first-order chi connectivity index (χ1) is 11.3. The average Bonchev–Trinajstić information content (AvgIpc) is 2.55. The Morgan fingerprint density at radius 1 is 1.17 bits per heavy atom. The van der Waals surface area contributed by atoms with Gasteiger partial charge in [0.25, 0.3) is 11.8 Å². The Labute approximate surface area is 139 Å². The highest BCUT2D eigenvalue weighted by Crippen LogP contribution is 2.18. The Bertz CT molecular complexity index is 655. The summed E-state index contributed by atoms with van der Waals surface area (Å²) in [6, 6.07) is 3.81. The molecule has 1 unspecified atom stereocenters. The zero-order valence-electron chi connectivity index (χ0n) is 13.6. The van der Waals surface area contributed by atoms with Gasteiger partial charge in [0, 0.05) is 38.8 Å². The van der Waals surface area contributed by atoms with E-state index in [1.165, 1.54) is 35.8 Å². The van der Waals surface area contributed by atoms with Crippen molar-refractivity contribution in [3.8, 4) is 0 Å². The van der Waals surface area contributed by atoms with Crippen molar-refractivity contribution in [2.24, 2.45) is 0 Å². The molecule has 0 spiro atoms. The summed E-state index contributed by atoms with van der Waals surface area (Å²) in [5.41, 5.74) is 0.215. The van der Waals surface area contributed by atoms with E-state index in [-0.39, 0.29) is 43.6 Å². The van der Waals surface area contributed by atoms with Crippen molar-refractivity contribution in [1.29, 1.82) is 0 Å². The van der Waals surface area contributed by atoms with E-state index < -0.39 is 17.8 Å². The van der Waals surface area contributed by atoms with E-state index in [1.807, 2.05) is 0 Å². The monoisotopic (exact) mass is 337 g/mol. The van der Waals surface area contributed by atoms with Crippen LogP contribution in [0.4, 0.5) is 10.1 Å². The minimum atomic E-state index is -1.08. The SMILES string of the molecule is CC(=O)Nc1ccc(F)c(C(=O)N2CCN(C(=O)C(C)O)CC2)c1. The van der Waals surface area contributed by atoms with E-state index in [9.17, 15) is 23.9 Å². The summed E-state index contributed by atoms with van der Waals surface area (Å²) in [6.07, 6.45) is -1.08. The highest BCUT2D eigenvalue weighted by atomic mass is 19.1. The molecule has 1 fully saturated rings. The van der Waals surface area contributed by atoms with Crippen LogP contribution < -0.4 is 5.32 Å². The summed E-state index contributed by atoms with van der Waals surface area (Å²) in [7, 11) is 0. The quantitative estimate of drug-likeness (QED) is 0.838. The molecule has 1 aromatic carbocycles. The number of aliphatic hydroxyl groups is 1. The number of rotatable bonds is 3. The van der Waals surface area contributed by atoms with Gasteiger partial charge < -0.3 is 20.2 Å². The predicted molar refractivity (Wildman–Crippen MR) is 84.9 cm³/mol. The highest BCUT2D eigenvalue weighted by Gasteiger charge is 2.27. The number of carbonyl (C=O) groups excluding carboxylic acids is 3. The molecule has 0 aliphatic carbocycles. The molecule has 1 aliphatic heterocycles. The number of piperazine rings is 1. The van der Waals surface area contributed by atoms with E-state index >= 15 is 0 Å². The number of amides is 3. The molecule has 7 nitrogen and oxygen atoms in total. The van der Waals surface area contributed by atoms with Crippen molar-refractivity contribution in [2.75, 3.05) is 31.5 Å². The fourth-order valence-electron chi connectivity index (χ4n) is 2.53. The standard InChI is InChI=1S/C16H20FN3O4/c1-10(21)15(23)19-5-7-20(8-6-19)16(24)13-9-12(18-11(2)22)3-4-14(13)17/h3-4,9-10,21H,5-8H2,1-2H3,(H,18,22). The van der Waals surface area contributed by atoms with Crippen molar-refractivity contribution in [3.63, 3.8) is 0 Å². The van der Waals surface area contributed by atoms with Gasteiger partial charge in [0.15, 0.2) is 0 Å². The molecule has 2 N–H and O–H groups in total. The first kappa shape index (κ1) is 17.9. The van der Waals surface area contributed by atoms with Crippen molar-refractivity contribution < 1.29 is 23.9 Å². The Morgan fingerprint density at radius 3 is 2.29 bits per heavy atom. The Kier molecular flexibility index (Phi) is 5.50. The van der Waals surface area contributed by atoms with Gasteiger partial charge in [-0.3, -0.25) is 14.4 Å². The first-order valence-corrected chi connectivity index (χ1v) is 7.63. The fourth-order valence-corrected chi connectivity index (χ4v) is 2.53. The maximum absolute atomic E-state index is 14.0. The third-order valence-electron chi connectivity index (χ3n) is 3.75. The van der Waals surface area contributed by atoms with Crippen LogP contribution in [-0.4, -0.2) is 64.9 Å². The maximum atomic E-state index is 14.0. The second kappa shape index (κ2) is 7.39. The van der Waals surface area contributed by atoms with Gasteiger partial charge in [-0.05, 0) is 25.1 Å². The molecule has 1 aliphatic rings. The number of aliphatic hydroxyl groups excluding tert-OH is 1. The minimum Gasteiger partial charge on any atom is -0.384 e. The van der Waals surface area contributed by atoms with E-state index in [4.69, 9.17) is 0 Å². The van der Waals surface area contributed by atoms with Gasteiger partial charge in [0.1, 0.15) is 11.9 Å². The minimum absolute atomic E-state index is 0.128. The number of nitrogens with one attached hydrogen (secondary N) is 1. The molecule has 0 aromatic heterocycles. The highest BCUT2D eigenvalue weighted by molar-refractivity contribution is 5.97. The molecule has 1 saturated heterocycles. The Morgan fingerprint density at radius 2 is 1.75 bits per heavy atom. The molecule has 0 bridgehead atoms. The number of hydrogen-bond acceptors (Lipinski definition) is 4. The van der Waals surface area contributed by atoms with Crippen LogP contribution >= 0.6 is 0 Å². The number of halogens is 1. The number of hydrogen-bond donors (Lipinski definition) is 2. The van der Waals surface area contributed by atoms with Crippen LogP contribution in [0.15, 0.2) is 18.2 Å². The lowest BCUT2D eigenvalue weighted by Gasteiger charge is -2.35. The van der Waals surface area contributed by atoms with Crippen LogP contribution in [-0.2, 0) is 9.59 Å². The molecule has 1 atom stereocenters. The summed E-state index contributed by atoms with van der Waals surface area (Å²) < 4.78 is 14.0. The Hall–Kier alpha value is -2.48. The van der Waals surface area contributed by atoms with Crippen LogP contribution in [0.1, 0.15) is 24.2 Å². The molecular weight excluding hydrogens is 317 g/mol. The lowest BCUT2D eigenvalue weighted by Crippen LogP contribution is -2.52. The molecule has 0 radical (unpaired) electrons. The van der Waals surface area contributed by atoms with E-state index in [2.05, 4.69) is 5.32 Å². The van der Waals surface area contributed by atoms with Crippen LogP contribution in [0.5, 0.6) is 0 Å². The average molecular weight is 337 g/mol. The van der Waals surface area contributed by atoms with Gasteiger partial charge in [0.05, 0.1) is 5.56 Å². The molecule has 24 heavy (non-hydrogen) atoms. The summed E-state index contributed by atoms with van der Waals surface area (Å²) in [6.45, 7) is 3.78. The normalized spacial score (nSPS) is 15.8. The smallest absolute Gasteiger partial charge is 0.257 e. The molecule has 8 heteroatoms. The molecular formula is C16H20FN3O4. The lowest BCUT2D eigenvalue weighted by atomic mass is 10.1. The number of anilines is 1. The zero-order chi connectivity index (χ0) is 17.9. The van der Waals surface area contributed by atoms with Crippen molar-refractivity contribution in [3.05, 3.63) is 29.6 Å². The maximum Gasteiger partial charge on any atom is 0.257 e. The van der Waals surface area contributed by atoms with Crippen LogP contribution in [0, 0.1) is 5.82 Å². The van der Waals surface area contributed by atoms with Crippen LogP contribution in [0.2, 0.25) is 0 Å². The van der Waals surface area contributed by atoms with E-state index in [0.29, 0.717) is 5.69 Å². The van der Waals surface area contributed by atoms with Gasteiger partial charge in [-0.2, -0.15) is 0 Å². The largest absolute Gasteiger partial charge is 0.384 e. The molecule has 3 amide bonds. The number of benzene rings is 1. The fraction of sp³-hybridized carbons (Fsp3) is 0.438. The second-order valence-electron chi connectivity index (χ2n) is 5.67. The van der Waals surface area contributed by atoms with E-state index in [1.54, 1.807) is 0 Å². The topological polar surface area (TPSA) is 90.0 Å². The zero-order valence-corrected chi connectivity index (χ0v) is 13.6. The van der Waals surface area contributed by atoms with Gasteiger partial charge in [0.2, 0.25) is 5.91 Å². The molecule has 1 heterocycles. The summed E-state index contributed by atoms with van der Waals surface area (Å²) in [5, 5.41) is 11.8. The number of nitrogens with zero attached hydrogens (tertiary/aromatic N) is 2. The van der Waals surface area contributed by atoms with Crippen LogP contribution in [0.25, 0.3) is 0 Å². The summed E-state index contributed by atoms with van der Waals surface area (Å²) in [4.78, 5) is 38.2. The molecule has 2 rings (SSSR count). The number of carbonyl (C=O) groups is 3. The summed E-state index contributed by atoms with van der Waals surface area (Å²) in [5.74, 6) is -1.87. The third kappa shape index (κ3) is 4.08. The van der Waals surface area contributed by atoms with E-state index in [0.717, 1.165) is 6.07 Å². The Balaban J connectivity index is 2.07. The molecule has 1 aromatic rings. The van der Waals surface area contributed by atoms with Crippen LogP contribution in [0.3, 0.4) is 0 Å². The second-order valence-corrected chi connectivity index (χ2v) is 5.67. The third-order valence-corrected chi connectivity index (χ3v) is 3.75. The van der Waals surface area contributed by atoms with Crippen molar-refractivity contribution in [2.45, 2.75) is 20.0 Å². The predicted octanol–water partition coefficient (Wildman–Crippen LogP) is 0.449. The first-order valence-electron chi connectivity index (χ1n) is 7.63. The molecule has 0 saturated carbocycles.